The number of carbonyl (C=O) groups is 1. The van der Waals surface area contributed by atoms with Crippen molar-refractivity contribution >= 4 is 17.7 Å². The fraction of sp³-hybridized carbons (Fsp3) is 0.889. The number of aliphatic hydroxyl groups excluding tert-OH is 1. The van der Waals surface area contributed by atoms with E-state index in [1.807, 2.05) is 6.92 Å². The maximum atomic E-state index is 11.2. The Morgan fingerprint density at radius 3 is 2.93 bits per heavy atom. The monoisotopic (exact) mass is 221 g/mol. The summed E-state index contributed by atoms with van der Waals surface area (Å²) in [6.45, 7) is 2.66. The minimum absolute atomic E-state index is 0.0204. The van der Waals surface area contributed by atoms with Gasteiger partial charge in [-0.15, -0.1) is 11.8 Å². The molecule has 0 saturated carbocycles. The molecule has 1 amide bonds. The number of nitrogens with one attached hydrogen (secondary N) is 1. The highest BCUT2D eigenvalue weighted by Crippen LogP contribution is 1.99. The van der Waals surface area contributed by atoms with Crippen LogP contribution in [0.5, 0.6) is 0 Å². The van der Waals surface area contributed by atoms with Crippen LogP contribution in [0.3, 0.4) is 0 Å². The van der Waals surface area contributed by atoms with Crippen LogP contribution in [0, 0.1) is 0 Å². The van der Waals surface area contributed by atoms with Crippen molar-refractivity contribution in [2.75, 3.05) is 31.8 Å². The quantitative estimate of drug-likeness (QED) is 0.577. The van der Waals surface area contributed by atoms with E-state index in [1.165, 1.54) is 0 Å². The van der Waals surface area contributed by atoms with Gasteiger partial charge in [0, 0.05) is 25.5 Å². The number of thioether (sulfide) groups is 1. The molecule has 4 nitrogen and oxygen atoms in total. The van der Waals surface area contributed by atoms with E-state index in [0.29, 0.717) is 18.8 Å². The number of hydrogen-bond donors (Lipinski definition) is 2. The van der Waals surface area contributed by atoms with Crippen LogP contribution in [-0.2, 0) is 9.53 Å². The van der Waals surface area contributed by atoms with Gasteiger partial charge < -0.3 is 15.2 Å². The first kappa shape index (κ1) is 13.7. The SMILES string of the molecule is COCCSCC(=O)NC(C)CCO. The first-order valence-electron chi connectivity index (χ1n) is 4.67. The van der Waals surface area contributed by atoms with Gasteiger partial charge in [-0.05, 0) is 13.3 Å². The van der Waals surface area contributed by atoms with Crippen LogP contribution in [0.25, 0.3) is 0 Å². The Kier molecular flexibility index (Phi) is 9.13. The summed E-state index contributed by atoms with van der Waals surface area (Å²) in [7, 11) is 1.64. The zero-order chi connectivity index (χ0) is 10.8. The van der Waals surface area contributed by atoms with Gasteiger partial charge in [0.2, 0.25) is 5.91 Å². The van der Waals surface area contributed by atoms with E-state index in [2.05, 4.69) is 5.32 Å². The molecule has 0 saturated heterocycles. The molecular formula is C9H19NO3S. The van der Waals surface area contributed by atoms with Crippen molar-refractivity contribution in [3.63, 3.8) is 0 Å². The molecule has 0 aromatic rings. The maximum absolute atomic E-state index is 11.2. The van der Waals surface area contributed by atoms with E-state index in [-0.39, 0.29) is 18.6 Å². The number of ether oxygens (including phenoxy) is 1. The van der Waals surface area contributed by atoms with E-state index in [0.717, 1.165) is 5.75 Å². The fourth-order valence-corrected chi connectivity index (χ4v) is 1.59. The summed E-state index contributed by atoms with van der Waals surface area (Å²) in [5, 5.41) is 11.4. The molecule has 0 aromatic carbocycles. The molecule has 1 atom stereocenters. The molecule has 84 valence electrons. The third kappa shape index (κ3) is 8.34. The fourth-order valence-electron chi connectivity index (χ4n) is 0.889. The van der Waals surface area contributed by atoms with Crippen molar-refractivity contribution < 1.29 is 14.6 Å². The second-order valence-corrected chi connectivity index (χ2v) is 4.13. The molecule has 14 heavy (non-hydrogen) atoms. The topological polar surface area (TPSA) is 58.6 Å². The Morgan fingerprint density at radius 1 is 1.64 bits per heavy atom. The third-order valence-corrected chi connectivity index (χ3v) is 2.56. The lowest BCUT2D eigenvalue weighted by atomic mass is 10.2. The van der Waals surface area contributed by atoms with Crippen LogP contribution < -0.4 is 5.32 Å². The van der Waals surface area contributed by atoms with Crippen LogP contribution in [0.15, 0.2) is 0 Å². The predicted molar refractivity (Wildman–Crippen MR) is 58.5 cm³/mol. The normalized spacial score (nSPS) is 12.5. The Balaban J connectivity index is 3.35. The molecule has 0 aromatic heterocycles. The summed E-state index contributed by atoms with van der Waals surface area (Å²) >= 11 is 1.55. The van der Waals surface area contributed by atoms with Crippen LogP contribution in [0.2, 0.25) is 0 Å². The van der Waals surface area contributed by atoms with E-state index >= 15 is 0 Å². The Hall–Kier alpha value is -0.260. The molecule has 0 aliphatic heterocycles. The average molecular weight is 221 g/mol. The van der Waals surface area contributed by atoms with Crippen LogP contribution in [0.1, 0.15) is 13.3 Å². The van der Waals surface area contributed by atoms with Gasteiger partial charge >= 0.3 is 0 Å². The van der Waals surface area contributed by atoms with Crippen molar-refractivity contribution in [3.05, 3.63) is 0 Å². The summed E-state index contributed by atoms with van der Waals surface area (Å²) in [6.07, 6.45) is 0.606. The zero-order valence-corrected chi connectivity index (χ0v) is 9.60. The molecule has 0 aliphatic carbocycles. The lowest BCUT2D eigenvalue weighted by Crippen LogP contribution is -2.34. The molecule has 0 aliphatic rings. The number of rotatable bonds is 8. The summed E-state index contributed by atoms with van der Waals surface area (Å²) in [4.78, 5) is 11.2. The molecule has 0 heterocycles. The molecule has 1 unspecified atom stereocenters. The third-order valence-electron chi connectivity index (χ3n) is 1.63. The molecular weight excluding hydrogens is 202 g/mol. The summed E-state index contributed by atoms with van der Waals surface area (Å²) in [5.74, 6) is 1.31. The first-order valence-corrected chi connectivity index (χ1v) is 5.83. The molecule has 0 spiro atoms. The largest absolute Gasteiger partial charge is 0.396 e. The highest BCUT2D eigenvalue weighted by Gasteiger charge is 2.05. The predicted octanol–water partition coefficient (Wildman–Crippen LogP) is 0.253. The summed E-state index contributed by atoms with van der Waals surface area (Å²) in [6, 6.07) is 0.0514. The van der Waals surface area contributed by atoms with Gasteiger partial charge in [0.15, 0.2) is 0 Å². The molecule has 0 rings (SSSR count). The zero-order valence-electron chi connectivity index (χ0n) is 8.78. The second kappa shape index (κ2) is 9.30. The number of methoxy groups -OCH3 is 1. The molecule has 5 heteroatoms. The maximum Gasteiger partial charge on any atom is 0.230 e. The molecule has 0 bridgehead atoms. The van der Waals surface area contributed by atoms with Crippen LogP contribution in [0.4, 0.5) is 0 Å². The Bertz CT molecular complexity index is 155. The van der Waals surface area contributed by atoms with Gasteiger partial charge in [-0.2, -0.15) is 0 Å². The van der Waals surface area contributed by atoms with E-state index in [4.69, 9.17) is 9.84 Å². The molecule has 0 radical (unpaired) electrons. The summed E-state index contributed by atoms with van der Waals surface area (Å²) < 4.78 is 4.86. The van der Waals surface area contributed by atoms with Crippen molar-refractivity contribution in [2.24, 2.45) is 0 Å². The van der Waals surface area contributed by atoms with Crippen molar-refractivity contribution in [3.8, 4) is 0 Å². The number of hydrogen-bond acceptors (Lipinski definition) is 4. The standard InChI is InChI=1S/C9H19NO3S/c1-8(3-4-11)10-9(12)7-14-6-5-13-2/h8,11H,3-7H2,1-2H3,(H,10,12). The smallest absolute Gasteiger partial charge is 0.230 e. The van der Waals surface area contributed by atoms with E-state index in [1.54, 1.807) is 18.9 Å². The van der Waals surface area contributed by atoms with Gasteiger partial charge in [-0.25, -0.2) is 0 Å². The van der Waals surface area contributed by atoms with Gasteiger partial charge in [-0.3, -0.25) is 4.79 Å². The average Bonchev–Trinajstić information content (AvgIpc) is 2.13. The van der Waals surface area contributed by atoms with Crippen LogP contribution in [-0.4, -0.2) is 48.9 Å². The van der Waals surface area contributed by atoms with E-state index in [9.17, 15) is 4.79 Å². The highest BCUT2D eigenvalue weighted by molar-refractivity contribution is 7.99. The highest BCUT2D eigenvalue weighted by atomic mass is 32.2. The first-order chi connectivity index (χ1) is 6.70. The van der Waals surface area contributed by atoms with Gasteiger partial charge in [0.1, 0.15) is 0 Å². The Labute approximate surface area is 89.4 Å². The van der Waals surface area contributed by atoms with Crippen molar-refractivity contribution in [1.82, 2.24) is 5.32 Å². The number of aliphatic hydroxyl groups is 1. The lowest BCUT2D eigenvalue weighted by molar-refractivity contribution is -0.119. The van der Waals surface area contributed by atoms with Crippen molar-refractivity contribution in [2.45, 2.75) is 19.4 Å². The van der Waals surface area contributed by atoms with Gasteiger partial charge in [-0.1, -0.05) is 0 Å². The van der Waals surface area contributed by atoms with E-state index < -0.39 is 0 Å². The number of carbonyl (C=O) groups excluding carboxylic acids is 1. The molecule has 0 fully saturated rings. The lowest BCUT2D eigenvalue weighted by Gasteiger charge is -2.11. The van der Waals surface area contributed by atoms with Crippen LogP contribution >= 0.6 is 11.8 Å². The Morgan fingerprint density at radius 2 is 2.36 bits per heavy atom. The van der Waals surface area contributed by atoms with Gasteiger partial charge in [0.05, 0.1) is 12.4 Å². The number of amides is 1. The van der Waals surface area contributed by atoms with Gasteiger partial charge in [0.25, 0.3) is 0 Å². The minimum atomic E-state index is 0.0204. The molecule has 2 N–H and O–H groups in total. The second-order valence-electron chi connectivity index (χ2n) is 3.03. The van der Waals surface area contributed by atoms with Crippen molar-refractivity contribution in [1.29, 1.82) is 0 Å². The summed E-state index contributed by atoms with van der Waals surface area (Å²) in [5.41, 5.74) is 0. The minimum Gasteiger partial charge on any atom is -0.396 e.